The SMILES string of the molecule is CC(=CCC[N+](C)(C)CCC(O)S(=O)(=O)O)C(=O)[O-]. The maximum absolute atomic E-state index is 10.6. The standard InChI is InChI=1S/C11H21NO6S/c1-9(11(14)15)5-4-7-12(2,3)8-6-10(13)19(16,17)18/h5,10,13H,4,6-8H2,1-3H3,(H-,14,15,16,17,18). The summed E-state index contributed by atoms with van der Waals surface area (Å²) < 4.78 is 30.3. The smallest absolute Gasteiger partial charge is 0.292 e. The number of rotatable bonds is 8. The van der Waals surface area contributed by atoms with E-state index in [0.717, 1.165) is 0 Å². The summed E-state index contributed by atoms with van der Waals surface area (Å²) >= 11 is 0. The molecule has 0 aromatic carbocycles. The summed E-state index contributed by atoms with van der Waals surface area (Å²) in [6.07, 6.45) is 1.94. The Morgan fingerprint density at radius 2 is 1.89 bits per heavy atom. The second-order valence-corrected chi connectivity index (χ2v) is 6.68. The number of aliphatic hydroxyl groups excluding tert-OH is 1. The number of carbonyl (C=O) groups is 1. The van der Waals surface area contributed by atoms with Crippen molar-refractivity contribution in [2.24, 2.45) is 0 Å². The van der Waals surface area contributed by atoms with Gasteiger partial charge in [0.05, 0.1) is 33.2 Å². The number of quaternary nitrogens is 1. The van der Waals surface area contributed by atoms with Crippen LogP contribution in [0.4, 0.5) is 0 Å². The van der Waals surface area contributed by atoms with Crippen molar-refractivity contribution in [1.29, 1.82) is 0 Å². The summed E-state index contributed by atoms with van der Waals surface area (Å²) in [5.41, 5.74) is -1.64. The summed E-state index contributed by atoms with van der Waals surface area (Å²) in [6, 6.07) is 0. The largest absolute Gasteiger partial charge is 0.545 e. The molecule has 0 aromatic heterocycles. The van der Waals surface area contributed by atoms with Crippen molar-refractivity contribution in [3.05, 3.63) is 11.6 Å². The highest BCUT2D eigenvalue weighted by Crippen LogP contribution is 2.08. The quantitative estimate of drug-likeness (QED) is 0.328. The molecule has 0 aromatic rings. The molecule has 0 amide bonds. The second kappa shape index (κ2) is 6.99. The highest BCUT2D eigenvalue weighted by Gasteiger charge is 2.24. The molecule has 1 atom stereocenters. The Kier molecular flexibility index (Phi) is 6.64. The molecule has 0 saturated carbocycles. The lowest BCUT2D eigenvalue weighted by Gasteiger charge is -2.30. The van der Waals surface area contributed by atoms with Gasteiger partial charge >= 0.3 is 0 Å². The Hall–Kier alpha value is -0.960. The first kappa shape index (κ1) is 18.0. The molecule has 19 heavy (non-hydrogen) atoms. The first-order valence-electron chi connectivity index (χ1n) is 5.80. The third-order valence-electron chi connectivity index (χ3n) is 2.83. The normalized spacial score (nSPS) is 15.3. The number of carboxylic acid groups (broad SMARTS) is 1. The van der Waals surface area contributed by atoms with Gasteiger partial charge < -0.3 is 19.5 Å². The van der Waals surface area contributed by atoms with Crippen LogP contribution in [0.1, 0.15) is 19.8 Å². The highest BCUT2D eigenvalue weighted by molar-refractivity contribution is 7.86. The van der Waals surface area contributed by atoms with Crippen molar-refractivity contribution in [2.45, 2.75) is 25.2 Å². The number of hydrogen-bond donors (Lipinski definition) is 2. The van der Waals surface area contributed by atoms with Crippen LogP contribution in [-0.4, -0.2) is 61.2 Å². The predicted molar refractivity (Wildman–Crippen MR) is 67.4 cm³/mol. The van der Waals surface area contributed by atoms with Gasteiger partial charge in [0.2, 0.25) is 0 Å². The van der Waals surface area contributed by atoms with E-state index in [2.05, 4.69) is 0 Å². The highest BCUT2D eigenvalue weighted by atomic mass is 32.2. The maximum atomic E-state index is 10.6. The molecule has 2 N–H and O–H groups in total. The second-order valence-electron chi connectivity index (χ2n) is 5.10. The Morgan fingerprint density at radius 3 is 2.32 bits per heavy atom. The number of carboxylic acids is 1. The molecule has 0 spiro atoms. The first-order chi connectivity index (χ1) is 8.46. The van der Waals surface area contributed by atoms with Crippen LogP contribution in [0.15, 0.2) is 11.6 Å². The zero-order chi connectivity index (χ0) is 15.3. The zero-order valence-electron chi connectivity index (χ0n) is 11.4. The molecular weight excluding hydrogens is 274 g/mol. The summed E-state index contributed by atoms with van der Waals surface area (Å²) in [4.78, 5) is 10.5. The molecular formula is C11H21NO6S. The van der Waals surface area contributed by atoms with Crippen LogP contribution in [0, 0.1) is 0 Å². The van der Waals surface area contributed by atoms with Crippen molar-refractivity contribution in [2.75, 3.05) is 27.2 Å². The molecule has 0 bridgehead atoms. The average molecular weight is 295 g/mol. The van der Waals surface area contributed by atoms with E-state index in [4.69, 9.17) is 4.55 Å². The number of aliphatic hydroxyl groups is 1. The summed E-state index contributed by atoms with van der Waals surface area (Å²) in [6.45, 7) is 2.35. The number of carbonyl (C=O) groups excluding carboxylic acids is 1. The lowest BCUT2D eigenvalue weighted by Crippen LogP contribution is -2.43. The molecule has 0 aliphatic carbocycles. The molecule has 8 heteroatoms. The summed E-state index contributed by atoms with van der Waals surface area (Å²) in [7, 11) is -0.786. The minimum Gasteiger partial charge on any atom is -0.545 e. The lowest BCUT2D eigenvalue weighted by atomic mass is 10.2. The molecule has 7 nitrogen and oxygen atoms in total. The van der Waals surface area contributed by atoms with E-state index in [-0.39, 0.29) is 12.0 Å². The van der Waals surface area contributed by atoms with E-state index in [0.29, 0.717) is 24.0 Å². The third-order valence-corrected chi connectivity index (χ3v) is 3.76. The van der Waals surface area contributed by atoms with Crippen LogP contribution in [0.3, 0.4) is 0 Å². The van der Waals surface area contributed by atoms with E-state index < -0.39 is 21.5 Å². The van der Waals surface area contributed by atoms with E-state index in [1.165, 1.54) is 13.0 Å². The van der Waals surface area contributed by atoms with Gasteiger partial charge in [-0.2, -0.15) is 8.42 Å². The Bertz CT molecular complexity index is 440. The van der Waals surface area contributed by atoms with Gasteiger partial charge in [-0.25, -0.2) is 0 Å². The van der Waals surface area contributed by atoms with Gasteiger partial charge in [0.25, 0.3) is 10.1 Å². The minimum atomic E-state index is -4.42. The Labute approximate surface area is 113 Å². The van der Waals surface area contributed by atoms with E-state index >= 15 is 0 Å². The molecule has 0 aliphatic rings. The molecule has 1 unspecified atom stereocenters. The van der Waals surface area contributed by atoms with Gasteiger partial charge in [0.1, 0.15) is 0 Å². The van der Waals surface area contributed by atoms with Crippen LogP contribution in [0.25, 0.3) is 0 Å². The van der Waals surface area contributed by atoms with Gasteiger partial charge in [-0.3, -0.25) is 4.55 Å². The van der Waals surface area contributed by atoms with Crippen molar-refractivity contribution < 1.29 is 32.5 Å². The van der Waals surface area contributed by atoms with Gasteiger partial charge in [-0.05, 0) is 12.5 Å². The third kappa shape index (κ3) is 7.93. The topological polar surface area (TPSA) is 115 Å². The molecule has 0 radical (unpaired) electrons. The fourth-order valence-electron chi connectivity index (χ4n) is 1.43. The van der Waals surface area contributed by atoms with Crippen molar-refractivity contribution in [1.82, 2.24) is 0 Å². The van der Waals surface area contributed by atoms with Crippen LogP contribution in [0.2, 0.25) is 0 Å². The average Bonchev–Trinajstić information content (AvgIpc) is 2.24. The zero-order valence-corrected chi connectivity index (χ0v) is 12.2. The fraction of sp³-hybridized carbons (Fsp3) is 0.727. The lowest BCUT2D eigenvalue weighted by molar-refractivity contribution is -0.890. The van der Waals surface area contributed by atoms with Crippen LogP contribution in [-0.2, 0) is 14.9 Å². The van der Waals surface area contributed by atoms with Crippen LogP contribution >= 0.6 is 0 Å². The number of hydrogen-bond acceptors (Lipinski definition) is 5. The molecule has 112 valence electrons. The molecule has 0 rings (SSSR count). The Morgan fingerprint density at radius 1 is 1.37 bits per heavy atom. The van der Waals surface area contributed by atoms with Crippen molar-refractivity contribution in [3.63, 3.8) is 0 Å². The van der Waals surface area contributed by atoms with Gasteiger partial charge in [-0.1, -0.05) is 6.08 Å². The predicted octanol–water partition coefficient (Wildman–Crippen LogP) is -1.25. The minimum absolute atomic E-state index is 0.0883. The van der Waals surface area contributed by atoms with Crippen molar-refractivity contribution >= 4 is 16.1 Å². The number of nitrogens with zero attached hydrogens (tertiary/aromatic N) is 1. The van der Waals surface area contributed by atoms with E-state index in [1.54, 1.807) is 0 Å². The fourth-order valence-corrected chi connectivity index (χ4v) is 1.84. The molecule has 0 heterocycles. The van der Waals surface area contributed by atoms with Crippen molar-refractivity contribution in [3.8, 4) is 0 Å². The molecule has 0 fully saturated rings. The summed E-state index contributed by atoms with van der Waals surface area (Å²) in [5, 5.41) is 19.7. The van der Waals surface area contributed by atoms with Gasteiger partial charge in [-0.15, -0.1) is 0 Å². The van der Waals surface area contributed by atoms with Crippen LogP contribution < -0.4 is 5.11 Å². The summed E-state index contributed by atoms with van der Waals surface area (Å²) in [5.74, 6) is -1.22. The van der Waals surface area contributed by atoms with Gasteiger partial charge in [0, 0.05) is 12.8 Å². The van der Waals surface area contributed by atoms with Crippen LogP contribution in [0.5, 0.6) is 0 Å². The monoisotopic (exact) mass is 295 g/mol. The maximum Gasteiger partial charge on any atom is 0.292 e. The molecule has 0 aliphatic heterocycles. The first-order valence-corrected chi connectivity index (χ1v) is 7.30. The van der Waals surface area contributed by atoms with E-state index in [9.17, 15) is 23.4 Å². The molecule has 0 saturated heterocycles. The Balaban J connectivity index is 4.27. The van der Waals surface area contributed by atoms with Gasteiger partial charge in [0.15, 0.2) is 5.44 Å². The number of aliphatic carboxylic acids is 1. The van der Waals surface area contributed by atoms with E-state index in [1.807, 2.05) is 14.1 Å².